The fraction of sp³-hybridized carbons (Fsp3) is 0.600. The van der Waals surface area contributed by atoms with E-state index in [0.29, 0.717) is 18.0 Å². The average Bonchev–Trinajstić information content (AvgIpc) is 2.86. The Kier molecular flexibility index (Phi) is 3.99. The van der Waals surface area contributed by atoms with E-state index in [2.05, 4.69) is 47.1 Å². The Morgan fingerprint density at radius 3 is 3.00 bits per heavy atom. The van der Waals surface area contributed by atoms with Crippen LogP contribution in [0.2, 0.25) is 0 Å². The Balaban J connectivity index is 1.87. The number of likely N-dealkylation sites (tertiary alicyclic amines) is 1. The van der Waals surface area contributed by atoms with Crippen LogP contribution >= 0.6 is 11.3 Å². The Morgan fingerprint density at radius 1 is 1.48 bits per heavy atom. The fourth-order valence-corrected chi connectivity index (χ4v) is 3.86. The smallest absolute Gasteiger partial charge is 0.223 e. The lowest BCUT2D eigenvalue weighted by atomic mass is 9.99. The van der Waals surface area contributed by atoms with Crippen LogP contribution in [0, 0.1) is 0 Å². The van der Waals surface area contributed by atoms with E-state index in [1.807, 2.05) is 0 Å². The molecule has 2 unspecified atom stereocenters. The van der Waals surface area contributed by atoms with E-state index < -0.39 is 0 Å². The van der Waals surface area contributed by atoms with Gasteiger partial charge in [0.2, 0.25) is 5.95 Å². The largest absolute Gasteiger partial charge is 0.368 e. The highest BCUT2D eigenvalue weighted by Crippen LogP contribution is 2.31. The first-order valence-electron chi connectivity index (χ1n) is 7.59. The summed E-state index contributed by atoms with van der Waals surface area (Å²) < 4.78 is 0. The molecule has 1 fully saturated rings. The van der Waals surface area contributed by atoms with Gasteiger partial charge < -0.3 is 16.0 Å². The number of rotatable bonds is 3. The Hall–Kier alpha value is -1.40. The van der Waals surface area contributed by atoms with Crippen LogP contribution in [-0.4, -0.2) is 40.5 Å². The lowest BCUT2D eigenvalue weighted by molar-refractivity contribution is 0.190. The highest BCUT2D eigenvalue weighted by atomic mass is 32.1. The van der Waals surface area contributed by atoms with Gasteiger partial charge in [0.05, 0.1) is 5.39 Å². The highest BCUT2D eigenvalue weighted by molar-refractivity contribution is 7.18. The van der Waals surface area contributed by atoms with Gasteiger partial charge in [-0.3, -0.25) is 0 Å². The van der Waals surface area contributed by atoms with Crippen LogP contribution in [0.5, 0.6) is 0 Å². The molecule has 1 saturated heterocycles. The monoisotopic (exact) mass is 305 g/mol. The lowest BCUT2D eigenvalue weighted by Crippen LogP contribution is -2.42. The van der Waals surface area contributed by atoms with Crippen LogP contribution in [0.4, 0.5) is 11.8 Å². The van der Waals surface area contributed by atoms with Gasteiger partial charge in [-0.15, -0.1) is 11.3 Å². The summed E-state index contributed by atoms with van der Waals surface area (Å²) >= 11 is 1.71. The number of piperidine rings is 1. The number of fused-ring (bicyclic) bond motifs is 1. The molecule has 3 rings (SSSR count). The molecule has 0 saturated carbocycles. The van der Waals surface area contributed by atoms with Crippen molar-refractivity contribution in [3.8, 4) is 0 Å². The molecule has 0 radical (unpaired) electrons. The molecule has 0 aromatic carbocycles. The van der Waals surface area contributed by atoms with Crippen LogP contribution in [-0.2, 0) is 6.42 Å². The number of anilines is 2. The summed E-state index contributed by atoms with van der Waals surface area (Å²) in [7, 11) is 2.19. The second kappa shape index (κ2) is 5.77. The Morgan fingerprint density at radius 2 is 2.29 bits per heavy atom. The molecule has 3 heterocycles. The molecular formula is C15H23N5S. The van der Waals surface area contributed by atoms with Crippen LogP contribution < -0.4 is 11.1 Å². The molecule has 2 atom stereocenters. The maximum Gasteiger partial charge on any atom is 0.223 e. The van der Waals surface area contributed by atoms with E-state index in [9.17, 15) is 0 Å². The summed E-state index contributed by atoms with van der Waals surface area (Å²) in [6.45, 7) is 5.55. The van der Waals surface area contributed by atoms with Crippen LogP contribution in [0.15, 0.2) is 6.07 Å². The zero-order valence-electron chi connectivity index (χ0n) is 12.9. The molecule has 1 aliphatic heterocycles. The van der Waals surface area contributed by atoms with Gasteiger partial charge in [0.25, 0.3) is 0 Å². The SMILES string of the molecule is CCc1cc2c(NC3CCN(C)C(C)C3)nc(N)nc2s1. The summed E-state index contributed by atoms with van der Waals surface area (Å²) in [4.78, 5) is 13.5. The molecular weight excluding hydrogens is 282 g/mol. The van der Waals surface area contributed by atoms with Crippen LogP contribution in [0.1, 0.15) is 31.6 Å². The number of aryl methyl sites for hydroxylation is 1. The number of nitrogens with zero attached hydrogens (tertiary/aromatic N) is 3. The molecule has 114 valence electrons. The second-order valence-corrected chi connectivity index (χ2v) is 7.03. The van der Waals surface area contributed by atoms with Crippen molar-refractivity contribution in [3.05, 3.63) is 10.9 Å². The van der Waals surface area contributed by atoms with E-state index >= 15 is 0 Å². The topological polar surface area (TPSA) is 67.1 Å². The maximum atomic E-state index is 5.87. The number of aromatic nitrogens is 2. The van der Waals surface area contributed by atoms with E-state index in [0.717, 1.165) is 41.8 Å². The van der Waals surface area contributed by atoms with Crippen molar-refractivity contribution < 1.29 is 0 Å². The minimum Gasteiger partial charge on any atom is -0.368 e. The third-order valence-electron chi connectivity index (χ3n) is 4.36. The van der Waals surface area contributed by atoms with Gasteiger partial charge in [0.1, 0.15) is 10.6 Å². The first-order valence-corrected chi connectivity index (χ1v) is 8.41. The van der Waals surface area contributed by atoms with Crippen molar-refractivity contribution in [2.24, 2.45) is 0 Å². The van der Waals surface area contributed by atoms with Crippen molar-refractivity contribution in [3.63, 3.8) is 0 Å². The van der Waals surface area contributed by atoms with Crippen molar-refractivity contribution in [2.75, 3.05) is 24.6 Å². The van der Waals surface area contributed by atoms with Crippen molar-refractivity contribution >= 4 is 33.3 Å². The number of nitrogen functional groups attached to an aromatic ring is 1. The number of nitrogens with two attached hydrogens (primary N) is 1. The molecule has 0 bridgehead atoms. The van der Waals surface area contributed by atoms with E-state index in [-0.39, 0.29) is 0 Å². The first-order chi connectivity index (χ1) is 10.1. The summed E-state index contributed by atoms with van der Waals surface area (Å²) in [5.74, 6) is 1.26. The average molecular weight is 305 g/mol. The molecule has 6 heteroatoms. The molecule has 21 heavy (non-hydrogen) atoms. The fourth-order valence-electron chi connectivity index (χ4n) is 2.89. The zero-order chi connectivity index (χ0) is 15.0. The maximum absolute atomic E-state index is 5.87. The van der Waals surface area contributed by atoms with Gasteiger partial charge in [-0.1, -0.05) is 6.92 Å². The summed E-state index contributed by atoms with van der Waals surface area (Å²) in [6.07, 6.45) is 3.29. The molecule has 5 nitrogen and oxygen atoms in total. The van der Waals surface area contributed by atoms with E-state index in [4.69, 9.17) is 5.73 Å². The van der Waals surface area contributed by atoms with Crippen LogP contribution in [0.3, 0.4) is 0 Å². The molecule has 2 aromatic heterocycles. The third kappa shape index (κ3) is 2.96. The molecule has 3 N–H and O–H groups in total. The number of thiophene rings is 1. The molecule has 0 amide bonds. The highest BCUT2D eigenvalue weighted by Gasteiger charge is 2.23. The Bertz CT molecular complexity index is 638. The van der Waals surface area contributed by atoms with E-state index in [1.54, 1.807) is 11.3 Å². The normalized spacial score (nSPS) is 23.6. The van der Waals surface area contributed by atoms with Gasteiger partial charge in [-0.05, 0) is 39.3 Å². The quantitative estimate of drug-likeness (QED) is 0.912. The van der Waals surface area contributed by atoms with Crippen molar-refractivity contribution in [1.82, 2.24) is 14.9 Å². The lowest BCUT2D eigenvalue weighted by Gasteiger charge is -2.35. The van der Waals surface area contributed by atoms with Gasteiger partial charge in [0.15, 0.2) is 0 Å². The van der Waals surface area contributed by atoms with Gasteiger partial charge >= 0.3 is 0 Å². The third-order valence-corrected chi connectivity index (χ3v) is 5.53. The van der Waals surface area contributed by atoms with Crippen molar-refractivity contribution in [1.29, 1.82) is 0 Å². The van der Waals surface area contributed by atoms with Gasteiger partial charge in [-0.25, -0.2) is 4.98 Å². The molecule has 0 spiro atoms. The minimum absolute atomic E-state index is 0.357. The molecule has 0 aliphatic carbocycles. The Labute approximate surface area is 129 Å². The predicted octanol–water partition coefficient (Wildman–Crippen LogP) is 2.73. The van der Waals surface area contributed by atoms with Crippen LogP contribution in [0.25, 0.3) is 10.2 Å². The first kappa shape index (κ1) is 14.5. The van der Waals surface area contributed by atoms with Gasteiger partial charge in [-0.2, -0.15) is 4.98 Å². The van der Waals surface area contributed by atoms with E-state index in [1.165, 1.54) is 4.88 Å². The van der Waals surface area contributed by atoms with Crippen molar-refractivity contribution in [2.45, 2.75) is 45.2 Å². The minimum atomic E-state index is 0.357. The molecule has 1 aliphatic rings. The number of nitrogens with one attached hydrogen (secondary N) is 1. The summed E-state index contributed by atoms with van der Waals surface area (Å²) in [5.41, 5.74) is 5.87. The predicted molar refractivity (Wildman–Crippen MR) is 89.9 cm³/mol. The summed E-state index contributed by atoms with van der Waals surface area (Å²) in [5, 5.41) is 4.71. The number of hydrogen-bond acceptors (Lipinski definition) is 6. The zero-order valence-corrected chi connectivity index (χ0v) is 13.7. The second-order valence-electron chi connectivity index (χ2n) is 5.91. The molecule has 2 aromatic rings. The summed E-state index contributed by atoms with van der Waals surface area (Å²) in [6, 6.07) is 3.25. The standard InChI is InChI=1S/C15H23N5S/c1-4-11-8-12-13(18-15(16)19-14(12)21-11)17-10-5-6-20(3)9(2)7-10/h8-10H,4-7H2,1-3H3,(H3,16,17,18,19). The number of hydrogen-bond donors (Lipinski definition) is 2. The van der Waals surface area contributed by atoms with Gasteiger partial charge in [0, 0.05) is 23.5 Å².